The minimum atomic E-state index is -0.156. The van der Waals surface area contributed by atoms with Gasteiger partial charge in [0.15, 0.2) is 0 Å². The average Bonchev–Trinajstić information content (AvgIpc) is 2.40. The largest absolute Gasteiger partial charge is 0.506 e. The number of hydrogen-bond acceptors (Lipinski definition) is 0. The van der Waals surface area contributed by atoms with Gasteiger partial charge < -0.3 is 0 Å². The van der Waals surface area contributed by atoms with Crippen LogP contribution in [0, 0.1) is 5.92 Å². The molecule has 0 aromatic heterocycles. The summed E-state index contributed by atoms with van der Waals surface area (Å²) in [5.41, 5.74) is 1.58. The van der Waals surface area contributed by atoms with Crippen molar-refractivity contribution in [2.24, 2.45) is 5.92 Å². The highest BCUT2D eigenvalue weighted by atomic mass is 79.9. The molecule has 0 saturated heterocycles. The van der Waals surface area contributed by atoms with Crippen LogP contribution >= 0.6 is 12.9 Å². The van der Waals surface area contributed by atoms with Crippen molar-refractivity contribution in [3.05, 3.63) is 29.8 Å². The van der Waals surface area contributed by atoms with E-state index < -0.39 is 0 Å². The average molecular weight is 306 g/mol. The number of rotatable bonds is 4. The maximum Gasteiger partial charge on any atom is 0.506 e. The van der Waals surface area contributed by atoms with Crippen molar-refractivity contribution < 1.29 is 0 Å². The Kier molecular flexibility index (Phi) is 5.84. The van der Waals surface area contributed by atoms with Crippen LogP contribution < -0.4 is 3.69 Å². The van der Waals surface area contributed by atoms with Gasteiger partial charge in [0.05, 0.1) is 0 Å². The third kappa shape index (κ3) is 3.97. The van der Waals surface area contributed by atoms with Crippen LogP contribution in [-0.4, -0.2) is 18.2 Å². The first-order valence-electron chi connectivity index (χ1n) is 6.98. The van der Waals surface area contributed by atoms with Gasteiger partial charge in [0, 0.05) is 0 Å². The Morgan fingerprint density at radius 3 is 2.29 bits per heavy atom. The van der Waals surface area contributed by atoms with Crippen LogP contribution in [0.1, 0.15) is 56.9 Å². The van der Waals surface area contributed by atoms with Gasteiger partial charge in [0.2, 0.25) is 0 Å². The van der Waals surface area contributed by atoms with Gasteiger partial charge in [-0.15, -0.1) is 0 Å². The van der Waals surface area contributed by atoms with Crippen LogP contribution in [-0.2, 0) is 0 Å². The van der Waals surface area contributed by atoms with Crippen molar-refractivity contribution in [1.29, 1.82) is 0 Å². The second kappa shape index (κ2) is 7.15. The highest BCUT2D eigenvalue weighted by molar-refractivity contribution is 9.23. The predicted molar refractivity (Wildman–Crippen MR) is 80.4 cm³/mol. The van der Waals surface area contributed by atoms with Gasteiger partial charge in [-0.2, -0.15) is 3.69 Å². The molecule has 0 N–H and O–H groups in total. The van der Waals surface area contributed by atoms with Gasteiger partial charge in [-0.25, -0.2) is 0 Å². The Labute approximate surface area is 121 Å². The zero-order valence-electron chi connectivity index (χ0n) is 10.8. The summed E-state index contributed by atoms with van der Waals surface area (Å²) in [6, 6.07) is 9.39. The first-order chi connectivity index (χ1) is 8.33. The third-order valence-electron chi connectivity index (χ3n) is 4.15. The van der Waals surface area contributed by atoms with Gasteiger partial charge in [-0.1, -0.05) is 44.0 Å². The first kappa shape index (κ1) is 13.9. The van der Waals surface area contributed by atoms with E-state index in [-0.39, 0.29) is 18.2 Å². The second-order valence-corrected chi connectivity index (χ2v) is 8.15. The summed E-state index contributed by atoms with van der Waals surface area (Å²) in [6.45, 7) is 2.31. The van der Waals surface area contributed by atoms with E-state index in [1.165, 1.54) is 42.2 Å². The molecule has 1 aliphatic carbocycles. The first-order valence-corrected chi connectivity index (χ1v) is 11.6. The molecule has 0 atom stereocenters. The van der Waals surface area contributed by atoms with E-state index in [4.69, 9.17) is 0 Å². The van der Waals surface area contributed by atoms with Gasteiger partial charge >= 0.3 is 18.2 Å². The molecule has 0 amide bonds. The Hall–Kier alpha value is 0.466. The van der Waals surface area contributed by atoms with E-state index in [1.54, 1.807) is 5.56 Å². The molecule has 0 bridgehead atoms. The van der Waals surface area contributed by atoms with Crippen LogP contribution in [0.5, 0.6) is 0 Å². The highest BCUT2D eigenvalue weighted by Crippen LogP contribution is 2.37. The van der Waals surface area contributed by atoms with Gasteiger partial charge in [-0.3, -0.25) is 12.9 Å². The number of hydrogen-bond donors (Lipinski definition) is 0. The topological polar surface area (TPSA) is 0 Å². The lowest BCUT2D eigenvalue weighted by Crippen LogP contribution is -2.14. The molecule has 1 aromatic carbocycles. The summed E-state index contributed by atoms with van der Waals surface area (Å²) in [7, 11) is 0. The second-order valence-electron chi connectivity index (χ2n) is 5.38. The number of benzene rings is 1. The highest BCUT2D eigenvalue weighted by Gasteiger charge is 2.21. The fourth-order valence-corrected chi connectivity index (χ4v) is 4.61. The molecule has 1 aromatic rings. The molecule has 0 radical (unpaired) electrons. The summed E-state index contributed by atoms with van der Waals surface area (Å²) < 4.78 is 1.52. The Morgan fingerprint density at radius 1 is 1.12 bits per heavy atom. The van der Waals surface area contributed by atoms with Crippen LogP contribution in [0.25, 0.3) is 0 Å². The quantitative estimate of drug-likeness (QED) is 0.723. The summed E-state index contributed by atoms with van der Waals surface area (Å²) >= 11 is 3.49. The van der Waals surface area contributed by atoms with E-state index in [0.717, 1.165) is 11.8 Å². The molecule has 0 unspecified atom stereocenters. The molecular formula is C15H21BrMg. The van der Waals surface area contributed by atoms with E-state index in [2.05, 4.69) is 44.1 Å². The maximum atomic E-state index is 3.64. The molecule has 1 fully saturated rings. The molecule has 1 saturated carbocycles. The smallest absolute Gasteiger partial charge is 0.296 e. The van der Waals surface area contributed by atoms with Crippen LogP contribution in [0.2, 0.25) is 0 Å². The zero-order valence-corrected chi connectivity index (χ0v) is 13.8. The van der Waals surface area contributed by atoms with Crippen LogP contribution in [0.3, 0.4) is 0 Å². The zero-order chi connectivity index (χ0) is 12.1. The monoisotopic (exact) mass is 304 g/mol. The predicted octanol–water partition coefficient (Wildman–Crippen LogP) is 4.40. The molecule has 1 aliphatic rings. The molecule has 0 nitrogen and oxygen atoms in total. The Balaban J connectivity index is 1.91. The maximum absolute atomic E-state index is 3.64. The van der Waals surface area contributed by atoms with Crippen molar-refractivity contribution in [3.8, 4) is 0 Å². The number of halogens is 1. The lowest BCUT2D eigenvalue weighted by Gasteiger charge is -2.28. The molecule has 0 spiro atoms. The van der Waals surface area contributed by atoms with E-state index in [0.29, 0.717) is 0 Å². The van der Waals surface area contributed by atoms with Gasteiger partial charge in [0.1, 0.15) is 0 Å². The molecule has 90 valence electrons. The molecular weight excluding hydrogens is 284 g/mol. The van der Waals surface area contributed by atoms with E-state index in [9.17, 15) is 0 Å². The molecule has 2 rings (SSSR count). The van der Waals surface area contributed by atoms with Crippen molar-refractivity contribution in [3.63, 3.8) is 0 Å². The van der Waals surface area contributed by atoms with Crippen molar-refractivity contribution >= 4 is 34.8 Å². The summed E-state index contributed by atoms with van der Waals surface area (Å²) in [4.78, 5) is 0. The normalized spacial score (nSPS) is 24.4. The minimum absolute atomic E-state index is 0.156. The Bertz CT molecular complexity index is 325. The van der Waals surface area contributed by atoms with E-state index >= 15 is 0 Å². The van der Waals surface area contributed by atoms with Crippen molar-refractivity contribution in [1.82, 2.24) is 0 Å². The van der Waals surface area contributed by atoms with E-state index in [1.807, 2.05) is 0 Å². The lowest BCUT2D eigenvalue weighted by atomic mass is 9.77. The molecule has 2 heteroatoms. The summed E-state index contributed by atoms with van der Waals surface area (Å²) in [6.07, 6.45) is 8.53. The van der Waals surface area contributed by atoms with Gasteiger partial charge in [0.25, 0.3) is 0 Å². The van der Waals surface area contributed by atoms with Crippen molar-refractivity contribution in [2.45, 2.75) is 51.4 Å². The molecule has 0 aliphatic heterocycles. The molecule has 0 heterocycles. The molecule has 17 heavy (non-hydrogen) atoms. The third-order valence-corrected chi connectivity index (χ3v) is 6.87. The van der Waals surface area contributed by atoms with Gasteiger partial charge in [-0.05, 0) is 43.1 Å². The van der Waals surface area contributed by atoms with Crippen LogP contribution in [0.4, 0.5) is 0 Å². The van der Waals surface area contributed by atoms with Crippen molar-refractivity contribution in [2.75, 3.05) is 0 Å². The fourth-order valence-electron chi connectivity index (χ4n) is 3.07. The summed E-state index contributed by atoms with van der Waals surface area (Å²) in [5.74, 6) is 1.86. The fraction of sp³-hybridized carbons (Fsp3) is 0.600. The summed E-state index contributed by atoms with van der Waals surface area (Å²) in [5, 5.41) is 0. The lowest BCUT2D eigenvalue weighted by molar-refractivity contribution is 0.308. The Morgan fingerprint density at radius 2 is 1.76 bits per heavy atom. The SMILES string of the molecule is CCC[C@H]1CC[C@H](c2cc[c]([Mg][Br])cc2)CC1. The minimum Gasteiger partial charge on any atom is -0.296 e. The van der Waals surface area contributed by atoms with Crippen LogP contribution in [0.15, 0.2) is 24.3 Å². The standard InChI is InChI=1S/C15H21.BrH.Mg/c1-2-6-13-9-11-15(12-10-13)14-7-4-3-5-8-14;;/h4-5,7-8,13,15H,2,6,9-12H2,1H3;1H;/q;;+1/p-1/t13-,15-;;.